The van der Waals surface area contributed by atoms with E-state index < -0.39 is 0 Å². The van der Waals surface area contributed by atoms with Crippen molar-refractivity contribution in [2.45, 2.75) is 0 Å². The van der Waals surface area contributed by atoms with E-state index in [1.165, 1.54) is 0 Å². The lowest BCUT2D eigenvalue weighted by Gasteiger charge is -2.31. The van der Waals surface area contributed by atoms with Gasteiger partial charge in [-0.25, -0.2) is 0 Å². The normalized spacial score (nSPS) is 17.4. The molecule has 1 heterocycles. The van der Waals surface area contributed by atoms with Gasteiger partial charge in [-0.1, -0.05) is 0 Å². The van der Waals surface area contributed by atoms with Crippen LogP contribution in [0, 0.1) is 0 Å². The van der Waals surface area contributed by atoms with Crippen LogP contribution in [0.5, 0.6) is 5.75 Å². The van der Waals surface area contributed by atoms with Crippen LogP contribution >= 0.6 is 0 Å². The molecule has 1 saturated heterocycles. The number of nitrogens with zero attached hydrogens (tertiary/aromatic N) is 2. The molecule has 0 bridgehead atoms. The molecular weight excluding hydrogens is 242 g/mol. The SMILES string of the molecule is COc1ccc(C(=O)CN2CCN(C)CC2)cc1N. The molecule has 19 heavy (non-hydrogen) atoms. The highest BCUT2D eigenvalue weighted by atomic mass is 16.5. The Morgan fingerprint density at radius 1 is 1.32 bits per heavy atom. The van der Waals surface area contributed by atoms with Crippen molar-refractivity contribution >= 4 is 11.5 Å². The molecule has 2 rings (SSSR count). The van der Waals surface area contributed by atoms with Crippen molar-refractivity contribution in [3.05, 3.63) is 23.8 Å². The number of ketones is 1. The number of methoxy groups -OCH3 is 1. The van der Waals surface area contributed by atoms with Gasteiger partial charge in [0, 0.05) is 31.7 Å². The van der Waals surface area contributed by atoms with Crippen LogP contribution in [0.3, 0.4) is 0 Å². The lowest BCUT2D eigenvalue weighted by atomic mass is 10.1. The lowest BCUT2D eigenvalue weighted by molar-refractivity contribution is 0.0876. The third-order valence-electron chi connectivity index (χ3n) is 3.51. The summed E-state index contributed by atoms with van der Waals surface area (Å²) in [4.78, 5) is 16.6. The Hall–Kier alpha value is -1.59. The first-order valence-electron chi connectivity index (χ1n) is 6.48. The average molecular weight is 263 g/mol. The van der Waals surface area contributed by atoms with Gasteiger partial charge in [-0.2, -0.15) is 0 Å². The van der Waals surface area contributed by atoms with Gasteiger partial charge < -0.3 is 15.4 Å². The number of Topliss-reactive ketones (excluding diaryl/α,β-unsaturated/α-hetero) is 1. The van der Waals surface area contributed by atoms with E-state index in [4.69, 9.17) is 10.5 Å². The molecule has 5 nitrogen and oxygen atoms in total. The molecule has 1 fully saturated rings. The molecule has 0 saturated carbocycles. The van der Waals surface area contributed by atoms with Gasteiger partial charge in [0.15, 0.2) is 5.78 Å². The predicted octanol–water partition coefficient (Wildman–Crippen LogP) is 0.707. The first kappa shape index (κ1) is 13.8. The van der Waals surface area contributed by atoms with Gasteiger partial charge in [0.05, 0.1) is 19.3 Å². The highest BCUT2D eigenvalue weighted by molar-refractivity contribution is 5.98. The van der Waals surface area contributed by atoms with Crippen LogP contribution < -0.4 is 10.5 Å². The van der Waals surface area contributed by atoms with Crippen molar-refractivity contribution < 1.29 is 9.53 Å². The number of rotatable bonds is 4. The molecule has 1 aromatic rings. The van der Waals surface area contributed by atoms with Crippen LogP contribution in [0.15, 0.2) is 18.2 Å². The number of ether oxygens (including phenoxy) is 1. The quantitative estimate of drug-likeness (QED) is 0.640. The van der Waals surface area contributed by atoms with E-state index in [0.29, 0.717) is 23.5 Å². The summed E-state index contributed by atoms with van der Waals surface area (Å²) in [6.07, 6.45) is 0. The predicted molar refractivity (Wildman–Crippen MR) is 75.7 cm³/mol. The highest BCUT2D eigenvalue weighted by Crippen LogP contribution is 2.22. The summed E-state index contributed by atoms with van der Waals surface area (Å²) < 4.78 is 5.09. The minimum absolute atomic E-state index is 0.110. The second kappa shape index (κ2) is 6.04. The Balaban J connectivity index is 1.98. The molecule has 0 aromatic heterocycles. The van der Waals surface area contributed by atoms with Gasteiger partial charge in [-0.15, -0.1) is 0 Å². The number of anilines is 1. The number of likely N-dealkylation sites (N-methyl/N-ethyl adjacent to an activating group) is 1. The van der Waals surface area contributed by atoms with E-state index in [2.05, 4.69) is 16.8 Å². The van der Waals surface area contributed by atoms with Crippen molar-refractivity contribution in [3.8, 4) is 5.75 Å². The molecule has 0 aliphatic carbocycles. The monoisotopic (exact) mass is 263 g/mol. The molecule has 1 aliphatic rings. The molecule has 1 aliphatic heterocycles. The summed E-state index contributed by atoms with van der Waals surface area (Å²) >= 11 is 0. The Bertz CT molecular complexity index is 454. The van der Waals surface area contributed by atoms with E-state index in [-0.39, 0.29) is 5.78 Å². The van der Waals surface area contributed by atoms with Crippen LogP contribution in [0.2, 0.25) is 0 Å². The standard InChI is InChI=1S/C14H21N3O2/c1-16-5-7-17(8-6-16)10-13(18)11-3-4-14(19-2)12(15)9-11/h3-4,9H,5-8,10,15H2,1-2H3. The number of carbonyl (C=O) groups excluding carboxylic acids is 1. The Kier molecular flexibility index (Phi) is 4.39. The van der Waals surface area contributed by atoms with E-state index in [0.717, 1.165) is 26.2 Å². The number of carbonyl (C=O) groups is 1. The maximum Gasteiger partial charge on any atom is 0.176 e. The zero-order valence-corrected chi connectivity index (χ0v) is 11.6. The minimum Gasteiger partial charge on any atom is -0.495 e. The summed E-state index contributed by atoms with van der Waals surface area (Å²) in [7, 11) is 3.67. The van der Waals surface area contributed by atoms with Crippen molar-refractivity contribution in [2.24, 2.45) is 0 Å². The molecule has 2 N–H and O–H groups in total. The van der Waals surface area contributed by atoms with Crippen molar-refractivity contribution in [1.29, 1.82) is 0 Å². The third kappa shape index (κ3) is 3.45. The smallest absolute Gasteiger partial charge is 0.176 e. The Morgan fingerprint density at radius 3 is 2.58 bits per heavy atom. The molecule has 0 spiro atoms. The van der Waals surface area contributed by atoms with Crippen molar-refractivity contribution in [2.75, 3.05) is 52.6 Å². The van der Waals surface area contributed by atoms with Gasteiger partial charge in [0.25, 0.3) is 0 Å². The van der Waals surface area contributed by atoms with Crippen molar-refractivity contribution in [1.82, 2.24) is 9.80 Å². The summed E-state index contributed by atoms with van der Waals surface area (Å²) in [6.45, 7) is 4.36. The molecular formula is C14H21N3O2. The number of nitrogens with two attached hydrogens (primary N) is 1. The lowest BCUT2D eigenvalue weighted by Crippen LogP contribution is -2.46. The van der Waals surface area contributed by atoms with Crippen LogP contribution in [0.4, 0.5) is 5.69 Å². The maximum atomic E-state index is 12.2. The van der Waals surface area contributed by atoms with Gasteiger partial charge in [0.2, 0.25) is 0 Å². The van der Waals surface area contributed by atoms with Gasteiger partial charge >= 0.3 is 0 Å². The van der Waals surface area contributed by atoms with Crippen LogP contribution in [-0.2, 0) is 0 Å². The van der Waals surface area contributed by atoms with E-state index in [1.807, 2.05) is 0 Å². The summed E-state index contributed by atoms with van der Waals surface area (Å²) in [5, 5.41) is 0. The zero-order valence-electron chi connectivity index (χ0n) is 11.6. The maximum absolute atomic E-state index is 12.2. The number of piperazine rings is 1. The zero-order chi connectivity index (χ0) is 13.8. The van der Waals surface area contributed by atoms with Gasteiger partial charge in [-0.05, 0) is 25.2 Å². The fourth-order valence-corrected chi connectivity index (χ4v) is 2.21. The molecule has 5 heteroatoms. The summed E-state index contributed by atoms with van der Waals surface area (Å²) in [6, 6.07) is 5.21. The largest absolute Gasteiger partial charge is 0.495 e. The summed E-state index contributed by atoms with van der Waals surface area (Å²) in [5.74, 6) is 0.718. The van der Waals surface area contributed by atoms with Crippen molar-refractivity contribution in [3.63, 3.8) is 0 Å². The van der Waals surface area contributed by atoms with E-state index in [9.17, 15) is 4.79 Å². The van der Waals surface area contributed by atoms with Gasteiger partial charge in [0.1, 0.15) is 5.75 Å². The van der Waals surface area contributed by atoms with Crippen LogP contribution in [-0.4, -0.2) is 62.5 Å². The van der Waals surface area contributed by atoms with Gasteiger partial charge in [-0.3, -0.25) is 9.69 Å². The second-order valence-electron chi connectivity index (χ2n) is 4.96. The first-order chi connectivity index (χ1) is 9.10. The fraction of sp³-hybridized carbons (Fsp3) is 0.500. The molecule has 1 aromatic carbocycles. The number of nitrogen functional groups attached to an aromatic ring is 1. The van der Waals surface area contributed by atoms with Crippen LogP contribution in [0.1, 0.15) is 10.4 Å². The van der Waals surface area contributed by atoms with E-state index in [1.54, 1.807) is 25.3 Å². The minimum atomic E-state index is 0.110. The number of hydrogen-bond donors (Lipinski definition) is 1. The number of benzene rings is 1. The second-order valence-corrected chi connectivity index (χ2v) is 4.96. The highest BCUT2D eigenvalue weighted by Gasteiger charge is 2.17. The molecule has 0 amide bonds. The number of hydrogen-bond acceptors (Lipinski definition) is 5. The molecule has 0 radical (unpaired) electrons. The first-order valence-corrected chi connectivity index (χ1v) is 6.48. The molecule has 104 valence electrons. The Morgan fingerprint density at radius 2 is 2.00 bits per heavy atom. The topological polar surface area (TPSA) is 58.8 Å². The third-order valence-corrected chi connectivity index (χ3v) is 3.51. The Labute approximate surface area is 113 Å². The molecule has 0 unspecified atom stereocenters. The van der Waals surface area contributed by atoms with Crippen LogP contribution in [0.25, 0.3) is 0 Å². The fourth-order valence-electron chi connectivity index (χ4n) is 2.21. The average Bonchev–Trinajstić information content (AvgIpc) is 2.41. The van der Waals surface area contributed by atoms with E-state index >= 15 is 0 Å². The summed E-state index contributed by atoms with van der Waals surface area (Å²) in [5.41, 5.74) is 6.98. The molecule has 0 atom stereocenters.